The predicted octanol–water partition coefficient (Wildman–Crippen LogP) is 2.52. The lowest BCUT2D eigenvalue weighted by molar-refractivity contribution is -0.154. The van der Waals surface area contributed by atoms with E-state index in [0.717, 1.165) is 27.2 Å². The average Bonchev–Trinajstić information content (AvgIpc) is 3.30. The zero-order chi connectivity index (χ0) is 22.1. The smallest absolute Gasteiger partial charge is 0.407 e. The van der Waals surface area contributed by atoms with E-state index in [9.17, 15) is 24.3 Å². The molecule has 0 radical (unpaired) electrons. The molecule has 1 aliphatic heterocycles. The Hall–Kier alpha value is -3.68. The molecule has 1 fully saturated rings. The summed E-state index contributed by atoms with van der Waals surface area (Å²) in [5, 5.41) is 11.6. The lowest BCUT2D eigenvalue weighted by atomic mass is 9.98. The predicted molar refractivity (Wildman–Crippen MR) is 110 cm³/mol. The Bertz CT molecular complexity index is 1020. The summed E-state index contributed by atoms with van der Waals surface area (Å²) < 4.78 is 5.40. The molecule has 1 saturated heterocycles. The number of hydrogen-bond donors (Lipinski definition) is 2. The summed E-state index contributed by atoms with van der Waals surface area (Å²) in [6.07, 6.45) is -0.751. The van der Waals surface area contributed by atoms with Crippen LogP contribution in [0.1, 0.15) is 36.8 Å². The van der Waals surface area contributed by atoms with Gasteiger partial charge in [-0.25, -0.2) is 9.59 Å². The van der Waals surface area contributed by atoms with E-state index in [1.807, 2.05) is 48.5 Å². The van der Waals surface area contributed by atoms with E-state index in [1.54, 1.807) is 0 Å². The van der Waals surface area contributed by atoms with E-state index in [-0.39, 0.29) is 25.4 Å². The average molecular weight is 422 g/mol. The Morgan fingerprint density at radius 3 is 2.26 bits per heavy atom. The molecule has 2 aromatic rings. The minimum Gasteiger partial charge on any atom is -0.480 e. The number of ether oxygens (including phenoxy) is 1. The first kappa shape index (κ1) is 20.6. The molecule has 2 aliphatic rings. The lowest BCUT2D eigenvalue weighted by Crippen LogP contribution is -2.52. The fourth-order valence-electron chi connectivity index (χ4n) is 4.28. The Balaban J connectivity index is 1.40. The second-order valence-corrected chi connectivity index (χ2v) is 7.69. The van der Waals surface area contributed by atoms with Gasteiger partial charge in [-0.05, 0) is 35.6 Å². The maximum absolute atomic E-state index is 12.6. The molecule has 1 aliphatic carbocycles. The largest absolute Gasteiger partial charge is 0.480 e. The number of fused-ring (bicyclic) bond motifs is 3. The highest BCUT2D eigenvalue weighted by molar-refractivity contribution is 6.03. The van der Waals surface area contributed by atoms with E-state index in [0.29, 0.717) is 0 Å². The Morgan fingerprint density at radius 1 is 1.10 bits per heavy atom. The lowest BCUT2D eigenvalue weighted by Gasteiger charge is -2.23. The molecule has 0 unspecified atom stereocenters. The number of likely N-dealkylation sites (tertiary alicyclic amines) is 1. The molecule has 0 bridgehead atoms. The van der Waals surface area contributed by atoms with Gasteiger partial charge in [-0.3, -0.25) is 14.5 Å². The van der Waals surface area contributed by atoms with Crippen LogP contribution in [-0.4, -0.2) is 52.6 Å². The van der Waals surface area contributed by atoms with Gasteiger partial charge < -0.3 is 15.2 Å². The van der Waals surface area contributed by atoms with Gasteiger partial charge >= 0.3 is 12.1 Å². The monoisotopic (exact) mass is 422 g/mol. The van der Waals surface area contributed by atoms with Gasteiger partial charge in [-0.1, -0.05) is 48.5 Å². The van der Waals surface area contributed by atoms with Crippen molar-refractivity contribution in [3.05, 3.63) is 59.7 Å². The summed E-state index contributed by atoms with van der Waals surface area (Å²) in [6, 6.07) is 13.5. The summed E-state index contributed by atoms with van der Waals surface area (Å²) in [5.74, 6) is -2.68. The number of rotatable bonds is 5. The van der Waals surface area contributed by atoms with Crippen molar-refractivity contribution in [2.45, 2.75) is 37.8 Å². The highest BCUT2D eigenvalue weighted by Gasteiger charge is 2.42. The summed E-state index contributed by atoms with van der Waals surface area (Å²) in [4.78, 5) is 48.9. The van der Waals surface area contributed by atoms with E-state index in [1.165, 1.54) is 6.92 Å². The minimum absolute atomic E-state index is 0.0135. The summed E-state index contributed by atoms with van der Waals surface area (Å²) in [7, 11) is 0. The molecular formula is C23H22N2O6. The minimum atomic E-state index is -1.24. The molecule has 0 aromatic heterocycles. The molecule has 2 atom stereocenters. The molecular weight excluding hydrogens is 400 g/mol. The summed E-state index contributed by atoms with van der Waals surface area (Å²) in [5.41, 5.74) is 4.33. The number of imide groups is 1. The molecule has 0 saturated carbocycles. The number of benzene rings is 2. The van der Waals surface area contributed by atoms with Gasteiger partial charge in [0.1, 0.15) is 18.7 Å². The van der Waals surface area contributed by atoms with Crippen molar-refractivity contribution >= 4 is 23.9 Å². The molecule has 8 nitrogen and oxygen atoms in total. The van der Waals surface area contributed by atoms with Gasteiger partial charge in [0, 0.05) is 12.3 Å². The first-order valence-electron chi connectivity index (χ1n) is 10.1. The normalized spacial score (nSPS) is 18.3. The Kier molecular flexibility index (Phi) is 5.46. The van der Waals surface area contributed by atoms with E-state index in [2.05, 4.69) is 5.32 Å². The zero-order valence-electron chi connectivity index (χ0n) is 16.9. The number of nitrogens with one attached hydrogen (secondary N) is 1. The number of aliphatic carboxylic acids is 1. The third-order valence-corrected chi connectivity index (χ3v) is 5.78. The van der Waals surface area contributed by atoms with Crippen LogP contribution >= 0.6 is 0 Å². The molecule has 31 heavy (non-hydrogen) atoms. The second-order valence-electron chi connectivity index (χ2n) is 7.69. The van der Waals surface area contributed by atoms with Crippen molar-refractivity contribution < 1.29 is 29.0 Å². The van der Waals surface area contributed by atoms with Crippen LogP contribution in [0.2, 0.25) is 0 Å². The van der Waals surface area contributed by atoms with Gasteiger partial charge in [0.05, 0.1) is 0 Å². The molecule has 8 heteroatoms. The van der Waals surface area contributed by atoms with Crippen LogP contribution in [-0.2, 0) is 19.1 Å². The quantitative estimate of drug-likeness (QED) is 0.766. The van der Waals surface area contributed by atoms with Crippen LogP contribution in [0, 0.1) is 0 Å². The van der Waals surface area contributed by atoms with E-state index in [4.69, 9.17) is 4.74 Å². The second kappa shape index (κ2) is 8.22. The fraction of sp³-hybridized carbons (Fsp3) is 0.304. The topological polar surface area (TPSA) is 113 Å². The van der Waals surface area contributed by atoms with Gasteiger partial charge in [-0.15, -0.1) is 0 Å². The molecule has 2 aromatic carbocycles. The maximum atomic E-state index is 12.6. The summed E-state index contributed by atoms with van der Waals surface area (Å²) >= 11 is 0. The first-order chi connectivity index (χ1) is 14.9. The Morgan fingerprint density at radius 2 is 1.68 bits per heavy atom. The molecule has 160 valence electrons. The van der Waals surface area contributed by atoms with Crippen LogP contribution in [0.15, 0.2) is 48.5 Å². The van der Waals surface area contributed by atoms with Gasteiger partial charge in [0.15, 0.2) is 0 Å². The number of amides is 3. The van der Waals surface area contributed by atoms with Crippen LogP contribution in [0.4, 0.5) is 4.79 Å². The van der Waals surface area contributed by atoms with Crippen LogP contribution in [0.25, 0.3) is 11.1 Å². The molecule has 0 spiro atoms. The Labute approximate surface area is 178 Å². The zero-order valence-corrected chi connectivity index (χ0v) is 16.9. The van der Waals surface area contributed by atoms with Gasteiger partial charge in [0.25, 0.3) is 5.91 Å². The van der Waals surface area contributed by atoms with Crippen molar-refractivity contribution in [3.8, 4) is 11.1 Å². The van der Waals surface area contributed by atoms with Gasteiger partial charge in [0.2, 0.25) is 5.91 Å². The maximum Gasteiger partial charge on any atom is 0.407 e. The summed E-state index contributed by atoms with van der Waals surface area (Å²) in [6.45, 7) is 1.48. The van der Waals surface area contributed by atoms with E-state index >= 15 is 0 Å². The van der Waals surface area contributed by atoms with Crippen LogP contribution < -0.4 is 5.32 Å². The highest BCUT2D eigenvalue weighted by atomic mass is 16.5. The molecule has 3 amide bonds. The van der Waals surface area contributed by atoms with Crippen molar-refractivity contribution in [2.75, 3.05) is 6.61 Å². The van der Waals surface area contributed by atoms with Gasteiger partial charge in [-0.2, -0.15) is 0 Å². The first-order valence-corrected chi connectivity index (χ1v) is 10.1. The standard InChI is InChI=1S/C23H22N2O6/c1-13(21(27)25-19(22(28)29)10-11-20(25)26)24-23(30)31-12-18-16-8-4-2-6-14(16)15-7-3-5-9-17(15)18/h2-9,13,18-19H,10-12H2,1H3,(H,24,30)(H,28,29)/t13-,19-/m0/s1. The van der Waals surface area contributed by atoms with Crippen molar-refractivity contribution in [1.82, 2.24) is 10.2 Å². The van der Waals surface area contributed by atoms with Crippen molar-refractivity contribution in [1.29, 1.82) is 0 Å². The van der Waals surface area contributed by atoms with Crippen molar-refractivity contribution in [3.63, 3.8) is 0 Å². The van der Waals surface area contributed by atoms with E-state index < -0.39 is 36.0 Å². The number of carbonyl (C=O) groups is 4. The third-order valence-electron chi connectivity index (χ3n) is 5.78. The molecule has 2 N–H and O–H groups in total. The molecule has 4 rings (SSSR count). The SMILES string of the molecule is C[C@H](NC(=O)OCC1c2ccccc2-c2ccccc21)C(=O)N1C(=O)CC[C@H]1C(=O)O. The number of hydrogen-bond acceptors (Lipinski definition) is 5. The number of carbonyl (C=O) groups excluding carboxylic acids is 3. The number of carboxylic acids is 1. The number of alkyl carbamates (subject to hydrolysis) is 1. The molecule has 1 heterocycles. The van der Waals surface area contributed by atoms with Crippen molar-refractivity contribution in [2.24, 2.45) is 0 Å². The van der Waals surface area contributed by atoms with Crippen LogP contribution in [0.5, 0.6) is 0 Å². The number of nitrogens with zero attached hydrogens (tertiary/aromatic N) is 1. The fourth-order valence-corrected chi connectivity index (χ4v) is 4.28. The third kappa shape index (κ3) is 3.76. The van der Waals surface area contributed by atoms with Crippen LogP contribution in [0.3, 0.4) is 0 Å². The number of carboxylic acid groups (broad SMARTS) is 1. The highest BCUT2D eigenvalue weighted by Crippen LogP contribution is 2.44.